The van der Waals surface area contributed by atoms with Gasteiger partial charge in [0.1, 0.15) is 0 Å². The Morgan fingerprint density at radius 2 is 1.43 bits per heavy atom. The summed E-state index contributed by atoms with van der Waals surface area (Å²) >= 11 is 5.72. The maximum absolute atomic E-state index is 12.2. The quantitative estimate of drug-likeness (QED) is 0.294. The van der Waals surface area contributed by atoms with Crippen LogP contribution in [0.5, 0.6) is 0 Å². The van der Waals surface area contributed by atoms with Gasteiger partial charge in [0, 0.05) is 24.9 Å². The van der Waals surface area contributed by atoms with Gasteiger partial charge >= 0.3 is 0 Å². The SMILES string of the molecule is CCCCCCCCCCCC(=O)N(CCCCl)C(C)C. The highest BCUT2D eigenvalue weighted by Gasteiger charge is 2.15. The predicted octanol–water partition coefficient (Wildman–Crippen LogP) is 5.77. The van der Waals surface area contributed by atoms with Crippen molar-refractivity contribution < 1.29 is 4.79 Å². The van der Waals surface area contributed by atoms with Crippen molar-refractivity contribution in [2.75, 3.05) is 12.4 Å². The van der Waals surface area contributed by atoms with E-state index in [-0.39, 0.29) is 0 Å². The lowest BCUT2D eigenvalue weighted by Crippen LogP contribution is -2.37. The monoisotopic (exact) mass is 317 g/mol. The maximum atomic E-state index is 12.2. The Balaban J connectivity index is 3.58. The number of nitrogens with zero attached hydrogens (tertiary/aromatic N) is 1. The molecule has 0 rings (SSSR count). The largest absolute Gasteiger partial charge is 0.340 e. The van der Waals surface area contributed by atoms with Crippen molar-refractivity contribution in [3.63, 3.8) is 0 Å². The van der Waals surface area contributed by atoms with Gasteiger partial charge in [-0.15, -0.1) is 11.6 Å². The predicted molar refractivity (Wildman–Crippen MR) is 94.0 cm³/mol. The van der Waals surface area contributed by atoms with Crippen molar-refractivity contribution >= 4 is 17.5 Å². The van der Waals surface area contributed by atoms with Crippen LogP contribution in [-0.2, 0) is 4.79 Å². The first-order valence-corrected chi connectivity index (χ1v) is 9.52. The molecule has 2 nitrogen and oxygen atoms in total. The average Bonchev–Trinajstić information content (AvgIpc) is 2.45. The second-order valence-corrected chi connectivity index (χ2v) is 6.68. The van der Waals surface area contributed by atoms with Gasteiger partial charge in [0.05, 0.1) is 0 Å². The summed E-state index contributed by atoms with van der Waals surface area (Å²) in [4.78, 5) is 14.2. The number of unbranched alkanes of at least 4 members (excludes halogenated alkanes) is 8. The minimum absolute atomic E-state index is 0.291. The summed E-state index contributed by atoms with van der Waals surface area (Å²) in [6.07, 6.45) is 13.3. The number of amides is 1. The zero-order valence-corrected chi connectivity index (χ0v) is 15.3. The van der Waals surface area contributed by atoms with E-state index in [0.29, 0.717) is 24.2 Å². The van der Waals surface area contributed by atoms with Crippen LogP contribution < -0.4 is 0 Å². The summed E-state index contributed by atoms with van der Waals surface area (Å²) in [7, 11) is 0. The molecule has 0 unspecified atom stereocenters. The highest BCUT2D eigenvalue weighted by Crippen LogP contribution is 2.12. The zero-order chi connectivity index (χ0) is 15.9. The second kappa shape index (κ2) is 14.7. The van der Waals surface area contributed by atoms with Crippen LogP contribution in [-0.4, -0.2) is 29.3 Å². The van der Waals surface area contributed by atoms with Crippen molar-refractivity contribution in [1.29, 1.82) is 0 Å². The smallest absolute Gasteiger partial charge is 0.222 e. The van der Waals surface area contributed by atoms with E-state index in [9.17, 15) is 4.79 Å². The van der Waals surface area contributed by atoms with Crippen LogP contribution in [0.3, 0.4) is 0 Å². The van der Waals surface area contributed by atoms with Gasteiger partial charge in [-0.2, -0.15) is 0 Å². The number of alkyl halides is 1. The number of halogens is 1. The second-order valence-electron chi connectivity index (χ2n) is 6.30. The minimum Gasteiger partial charge on any atom is -0.340 e. The number of carbonyl (C=O) groups excluding carboxylic acids is 1. The molecule has 3 heteroatoms. The molecule has 0 atom stereocenters. The van der Waals surface area contributed by atoms with Crippen molar-refractivity contribution in [3.8, 4) is 0 Å². The van der Waals surface area contributed by atoms with Crippen LogP contribution in [0.25, 0.3) is 0 Å². The Bertz CT molecular complexity index is 243. The van der Waals surface area contributed by atoms with E-state index < -0.39 is 0 Å². The van der Waals surface area contributed by atoms with E-state index in [0.717, 1.165) is 19.4 Å². The van der Waals surface area contributed by atoms with E-state index in [2.05, 4.69) is 20.8 Å². The molecule has 21 heavy (non-hydrogen) atoms. The highest BCUT2D eigenvalue weighted by atomic mass is 35.5. The third-order valence-corrected chi connectivity index (χ3v) is 4.24. The van der Waals surface area contributed by atoms with Crippen molar-refractivity contribution in [2.45, 2.75) is 97.4 Å². The fourth-order valence-corrected chi connectivity index (χ4v) is 2.75. The summed E-state index contributed by atoms with van der Waals surface area (Å²) in [5.41, 5.74) is 0. The molecule has 0 aromatic rings. The lowest BCUT2D eigenvalue weighted by Gasteiger charge is -2.26. The summed E-state index contributed by atoms with van der Waals surface area (Å²) < 4.78 is 0. The van der Waals surface area contributed by atoms with Crippen LogP contribution in [0.15, 0.2) is 0 Å². The molecule has 0 radical (unpaired) electrons. The Hall–Kier alpha value is -0.240. The molecule has 0 aliphatic heterocycles. The third-order valence-electron chi connectivity index (χ3n) is 3.97. The van der Waals surface area contributed by atoms with Gasteiger partial charge < -0.3 is 4.90 Å². The molecule has 0 saturated carbocycles. The van der Waals surface area contributed by atoms with E-state index in [1.54, 1.807) is 0 Å². The Labute approximate surface area is 137 Å². The molecule has 0 heterocycles. The van der Waals surface area contributed by atoms with Gasteiger partial charge in [-0.1, -0.05) is 58.3 Å². The van der Waals surface area contributed by atoms with Gasteiger partial charge in [0.25, 0.3) is 0 Å². The van der Waals surface area contributed by atoms with Crippen LogP contribution in [0.1, 0.15) is 91.4 Å². The number of hydrogen-bond acceptors (Lipinski definition) is 1. The molecule has 0 bridgehead atoms. The molecular formula is C18H36ClNO. The van der Waals surface area contributed by atoms with Gasteiger partial charge in [0.2, 0.25) is 5.91 Å². The van der Waals surface area contributed by atoms with Crippen molar-refractivity contribution in [3.05, 3.63) is 0 Å². The fourth-order valence-electron chi connectivity index (χ4n) is 2.63. The van der Waals surface area contributed by atoms with Crippen molar-refractivity contribution in [2.24, 2.45) is 0 Å². The standard InChI is InChI=1S/C18H36ClNO/c1-4-5-6-7-8-9-10-11-12-14-18(21)20(17(2)3)16-13-15-19/h17H,4-16H2,1-3H3. The van der Waals surface area contributed by atoms with Crippen LogP contribution in [0.4, 0.5) is 0 Å². The molecule has 0 spiro atoms. The highest BCUT2D eigenvalue weighted by molar-refractivity contribution is 6.17. The van der Waals surface area contributed by atoms with E-state index in [1.807, 2.05) is 4.90 Å². The fraction of sp³-hybridized carbons (Fsp3) is 0.944. The Morgan fingerprint density at radius 3 is 1.90 bits per heavy atom. The topological polar surface area (TPSA) is 20.3 Å². The third kappa shape index (κ3) is 12.0. The molecule has 126 valence electrons. The first-order valence-electron chi connectivity index (χ1n) is 8.98. The van der Waals surface area contributed by atoms with Crippen LogP contribution in [0.2, 0.25) is 0 Å². The number of hydrogen-bond donors (Lipinski definition) is 0. The summed E-state index contributed by atoms with van der Waals surface area (Å²) in [5, 5.41) is 0. The van der Waals surface area contributed by atoms with Gasteiger partial charge in [-0.05, 0) is 26.7 Å². The van der Waals surface area contributed by atoms with Gasteiger partial charge in [-0.3, -0.25) is 4.79 Å². The van der Waals surface area contributed by atoms with E-state index in [4.69, 9.17) is 11.6 Å². The first kappa shape index (κ1) is 20.8. The minimum atomic E-state index is 0.291. The summed E-state index contributed by atoms with van der Waals surface area (Å²) in [6, 6.07) is 0.291. The molecule has 1 amide bonds. The molecular weight excluding hydrogens is 282 g/mol. The molecule has 0 N–H and O–H groups in total. The van der Waals surface area contributed by atoms with Gasteiger partial charge in [-0.25, -0.2) is 0 Å². The Kier molecular flexibility index (Phi) is 14.5. The molecule has 0 saturated heterocycles. The van der Waals surface area contributed by atoms with E-state index >= 15 is 0 Å². The maximum Gasteiger partial charge on any atom is 0.222 e. The summed E-state index contributed by atoms with van der Waals surface area (Å²) in [6.45, 7) is 7.23. The number of rotatable bonds is 14. The van der Waals surface area contributed by atoms with Crippen molar-refractivity contribution in [1.82, 2.24) is 4.90 Å². The molecule has 0 aromatic heterocycles. The van der Waals surface area contributed by atoms with Crippen LogP contribution in [0, 0.1) is 0 Å². The number of carbonyl (C=O) groups is 1. The normalized spacial score (nSPS) is 11.1. The first-order chi connectivity index (χ1) is 10.1. The summed E-state index contributed by atoms with van der Waals surface area (Å²) in [5.74, 6) is 0.937. The van der Waals surface area contributed by atoms with Gasteiger partial charge in [0.15, 0.2) is 0 Å². The molecule has 0 aliphatic carbocycles. The average molecular weight is 318 g/mol. The van der Waals surface area contributed by atoms with Crippen LogP contribution >= 0.6 is 11.6 Å². The zero-order valence-electron chi connectivity index (χ0n) is 14.5. The molecule has 0 aliphatic rings. The lowest BCUT2D eigenvalue weighted by atomic mass is 10.1. The Morgan fingerprint density at radius 1 is 0.905 bits per heavy atom. The molecule has 0 fully saturated rings. The molecule has 0 aromatic carbocycles. The van der Waals surface area contributed by atoms with E-state index in [1.165, 1.54) is 51.4 Å². The lowest BCUT2D eigenvalue weighted by molar-refractivity contribution is -0.133.